The second-order valence-corrected chi connectivity index (χ2v) is 9.03. The Morgan fingerprint density at radius 3 is 2.03 bits per heavy atom. The largest absolute Gasteiger partial charge is 0.416 e. The Labute approximate surface area is 170 Å². The Hall–Kier alpha value is -2.50. The van der Waals surface area contributed by atoms with E-state index in [2.05, 4.69) is 0 Å². The van der Waals surface area contributed by atoms with Crippen molar-refractivity contribution in [3.05, 3.63) is 52.5 Å². The minimum atomic E-state index is -5.20. The molecule has 0 amide bonds. The smallest absolute Gasteiger partial charge is 0.355 e. The van der Waals surface area contributed by atoms with Crippen molar-refractivity contribution >= 4 is 32.3 Å². The van der Waals surface area contributed by atoms with Gasteiger partial charge in [0, 0.05) is 6.54 Å². The van der Waals surface area contributed by atoms with Gasteiger partial charge in [-0.05, 0) is 35.7 Å². The third kappa shape index (κ3) is 4.32. The molecule has 1 aromatic heterocycles. The lowest BCUT2D eigenvalue weighted by Crippen LogP contribution is -2.47. The number of sulfonamides is 1. The van der Waals surface area contributed by atoms with E-state index in [0.29, 0.717) is 4.31 Å². The van der Waals surface area contributed by atoms with Gasteiger partial charge in [-0.2, -0.15) is 26.3 Å². The van der Waals surface area contributed by atoms with Crippen molar-refractivity contribution < 1.29 is 39.6 Å². The highest BCUT2D eigenvalue weighted by Crippen LogP contribution is 2.38. The molecular weight excluding hydrogens is 458 g/mol. The Kier molecular flexibility index (Phi) is 5.65. The molecule has 0 N–H and O–H groups in total. The molecule has 1 aromatic carbocycles. The summed E-state index contributed by atoms with van der Waals surface area (Å²) in [4.78, 5) is 11.8. The van der Waals surface area contributed by atoms with Gasteiger partial charge in [0.1, 0.15) is 11.6 Å². The third-order valence-electron chi connectivity index (χ3n) is 4.30. The van der Waals surface area contributed by atoms with Gasteiger partial charge in [0.05, 0.1) is 34.1 Å². The third-order valence-corrected chi connectivity index (χ3v) is 7.04. The number of piperazine rings is 1. The highest BCUT2D eigenvalue weighted by Gasteiger charge is 2.40. The summed E-state index contributed by atoms with van der Waals surface area (Å²) >= 11 is 1.32. The monoisotopic (exact) mass is 470 g/mol. The Morgan fingerprint density at radius 1 is 0.967 bits per heavy atom. The van der Waals surface area contributed by atoms with Crippen LogP contribution in [0, 0.1) is 0 Å². The normalized spacial score (nSPS) is 16.0. The molecule has 0 unspecified atom stereocenters. The van der Waals surface area contributed by atoms with Gasteiger partial charge in [-0.25, -0.2) is 13.2 Å². The van der Waals surface area contributed by atoms with E-state index in [1.807, 2.05) is 0 Å². The molecular formula is C17H12F6N2O3S2. The van der Waals surface area contributed by atoms with E-state index >= 15 is 0 Å². The molecule has 0 spiro atoms. The van der Waals surface area contributed by atoms with Gasteiger partial charge in [0.15, 0.2) is 0 Å². The van der Waals surface area contributed by atoms with Gasteiger partial charge in [-0.3, -0.25) is 4.31 Å². The molecule has 2 heterocycles. The highest BCUT2D eigenvalue weighted by molar-refractivity contribution is 7.89. The molecule has 0 atom stereocenters. The maximum absolute atomic E-state index is 13.1. The molecule has 0 aliphatic carbocycles. The van der Waals surface area contributed by atoms with Crippen LogP contribution in [0.2, 0.25) is 0 Å². The van der Waals surface area contributed by atoms with E-state index in [9.17, 15) is 39.6 Å². The first kappa shape index (κ1) is 22.2. The van der Waals surface area contributed by atoms with Crippen LogP contribution in [0.5, 0.6) is 0 Å². The van der Waals surface area contributed by atoms with Crippen molar-refractivity contribution in [3.63, 3.8) is 0 Å². The quantitative estimate of drug-likeness (QED) is 0.503. The van der Waals surface area contributed by atoms with Crippen LogP contribution in [-0.2, 0) is 27.2 Å². The summed E-state index contributed by atoms with van der Waals surface area (Å²) in [5.74, 6) is 1.44. The van der Waals surface area contributed by atoms with Crippen LogP contribution in [0.4, 0.5) is 31.3 Å². The Bertz CT molecular complexity index is 1060. The van der Waals surface area contributed by atoms with E-state index in [1.165, 1.54) is 17.3 Å². The topological polar surface area (TPSA) is 57.7 Å². The molecule has 1 aliphatic heterocycles. The van der Waals surface area contributed by atoms with Crippen LogP contribution in [0.1, 0.15) is 11.1 Å². The predicted octanol–water partition coefficient (Wildman–Crippen LogP) is 4.01. The fourth-order valence-electron chi connectivity index (χ4n) is 2.87. The van der Waals surface area contributed by atoms with Crippen LogP contribution in [0.3, 0.4) is 0 Å². The zero-order valence-corrected chi connectivity index (χ0v) is 16.4. The first-order chi connectivity index (χ1) is 13.8. The molecule has 0 bridgehead atoms. The van der Waals surface area contributed by atoms with Crippen LogP contribution in [0.15, 0.2) is 46.3 Å². The van der Waals surface area contributed by atoms with Gasteiger partial charge < -0.3 is 4.90 Å². The summed E-state index contributed by atoms with van der Waals surface area (Å²) in [6, 6.07) is 3.54. The Morgan fingerprint density at radius 2 is 1.57 bits per heavy atom. The zero-order valence-electron chi connectivity index (χ0n) is 14.8. The first-order valence-electron chi connectivity index (χ1n) is 8.18. The predicted molar refractivity (Wildman–Crippen MR) is 96.1 cm³/mol. The van der Waals surface area contributed by atoms with Gasteiger partial charge in [-0.1, -0.05) is 0 Å². The molecule has 1 fully saturated rings. The fourth-order valence-corrected chi connectivity index (χ4v) is 5.15. The number of carbonyl (C=O) groups excluding carboxylic acids is 1. The average Bonchev–Trinajstić information content (AvgIpc) is 3.20. The molecule has 13 heteroatoms. The lowest BCUT2D eigenvalue weighted by Gasteiger charge is -2.36. The maximum atomic E-state index is 13.1. The van der Waals surface area contributed by atoms with Gasteiger partial charge in [0.25, 0.3) is 10.0 Å². The Balaban J connectivity index is 2.03. The summed E-state index contributed by atoms with van der Waals surface area (Å²) in [5, 5.41) is 2.47. The zero-order chi connectivity index (χ0) is 22.3. The van der Waals surface area contributed by atoms with Crippen LogP contribution < -0.4 is 4.90 Å². The molecule has 0 saturated carbocycles. The number of alkyl halides is 6. The molecule has 30 heavy (non-hydrogen) atoms. The summed E-state index contributed by atoms with van der Waals surface area (Å²) in [6.07, 6.45) is -10.4. The molecule has 0 radical (unpaired) electrons. The van der Waals surface area contributed by atoms with Crippen molar-refractivity contribution in [2.45, 2.75) is 17.2 Å². The van der Waals surface area contributed by atoms with E-state index in [-0.39, 0.29) is 37.8 Å². The summed E-state index contributed by atoms with van der Waals surface area (Å²) in [6.45, 7) is -0.479. The van der Waals surface area contributed by atoms with Crippen molar-refractivity contribution in [2.24, 2.45) is 0 Å². The minimum Gasteiger partial charge on any atom is -0.355 e. The SMILES string of the molecule is O=C=C1CN(c2cccs2)CCN1S(=O)(=O)c1cc(C(F)(F)F)cc(C(F)(F)F)c1. The molecule has 1 saturated heterocycles. The van der Waals surface area contributed by atoms with E-state index in [4.69, 9.17) is 0 Å². The number of hydrogen-bond acceptors (Lipinski definition) is 5. The van der Waals surface area contributed by atoms with Crippen molar-refractivity contribution in [1.82, 2.24) is 4.31 Å². The lowest BCUT2D eigenvalue weighted by molar-refractivity contribution is -0.143. The van der Waals surface area contributed by atoms with Gasteiger partial charge >= 0.3 is 12.4 Å². The number of halogens is 6. The molecule has 162 valence electrons. The summed E-state index contributed by atoms with van der Waals surface area (Å²) in [5.41, 5.74) is -3.94. The number of anilines is 1. The number of benzene rings is 1. The van der Waals surface area contributed by atoms with E-state index in [0.717, 1.165) is 5.00 Å². The van der Waals surface area contributed by atoms with Crippen molar-refractivity contribution in [3.8, 4) is 0 Å². The standard InChI is InChI=1S/C17H12F6N2O3S2/c18-16(19,20)11-6-12(17(21,22)23)8-14(7-11)30(27,28)25-4-3-24(9-13(25)10-26)15-2-1-5-29-15/h1-2,5-8H,3-4,9H2. The summed E-state index contributed by atoms with van der Waals surface area (Å²) in [7, 11) is -4.87. The second-order valence-electron chi connectivity index (χ2n) is 6.24. The molecule has 2 aromatic rings. The second kappa shape index (κ2) is 7.64. The highest BCUT2D eigenvalue weighted by atomic mass is 32.2. The fraction of sp³-hybridized carbons (Fsp3) is 0.294. The average molecular weight is 470 g/mol. The molecule has 1 aliphatic rings. The van der Waals surface area contributed by atoms with E-state index < -0.39 is 44.1 Å². The van der Waals surface area contributed by atoms with Crippen LogP contribution >= 0.6 is 11.3 Å². The van der Waals surface area contributed by atoms with Crippen molar-refractivity contribution in [2.75, 3.05) is 24.5 Å². The first-order valence-corrected chi connectivity index (χ1v) is 10.5. The van der Waals surface area contributed by atoms with Gasteiger partial charge in [0.2, 0.25) is 0 Å². The van der Waals surface area contributed by atoms with Gasteiger partial charge in [-0.15, -0.1) is 11.3 Å². The number of hydrogen-bond donors (Lipinski definition) is 0. The van der Waals surface area contributed by atoms with E-state index in [1.54, 1.807) is 22.4 Å². The molecule has 5 nitrogen and oxygen atoms in total. The maximum Gasteiger partial charge on any atom is 0.416 e. The van der Waals surface area contributed by atoms with Crippen molar-refractivity contribution in [1.29, 1.82) is 0 Å². The van der Waals surface area contributed by atoms with Crippen LogP contribution in [0.25, 0.3) is 0 Å². The number of rotatable bonds is 3. The number of nitrogens with zero attached hydrogens (tertiary/aromatic N) is 2. The molecule has 3 rings (SSSR count). The summed E-state index contributed by atoms with van der Waals surface area (Å²) < 4.78 is 105. The van der Waals surface area contributed by atoms with Crippen LogP contribution in [-0.4, -0.2) is 38.3 Å². The lowest BCUT2D eigenvalue weighted by atomic mass is 10.1. The minimum absolute atomic E-state index is 0.0794. The number of thiophene rings is 1.